The molecule has 0 aliphatic heterocycles. The second-order valence-corrected chi connectivity index (χ2v) is 14.5. The SMILES string of the molecule is CCOc1ccc(/C=C(/NC(=O)c2ccccc2)C(=O)Nc2cccc(SC(C(=O)Nc3sc4c(c3C(=O)OC)CCCC4)c3ccccc3)c2)cc1. The van der Waals surface area contributed by atoms with Crippen molar-refractivity contribution in [3.63, 3.8) is 0 Å². The van der Waals surface area contributed by atoms with Crippen LogP contribution < -0.4 is 20.7 Å². The molecule has 0 spiro atoms. The highest BCUT2D eigenvalue weighted by molar-refractivity contribution is 8.00. The quantitative estimate of drug-likeness (QED) is 0.0626. The third-order valence-corrected chi connectivity index (χ3v) is 11.0. The summed E-state index contributed by atoms with van der Waals surface area (Å²) in [4.78, 5) is 55.8. The molecule has 1 heterocycles. The molecule has 1 unspecified atom stereocenters. The number of hydrogen-bond donors (Lipinski definition) is 3. The number of esters is 1. The second-order valence-electron chi connectivity index (χ2n) is 12.2. The highest BCUT2D eigenvalue weighted by Gasteiger charge is 2.30. The Bertz CT molecular complexity index is 2110. The fourth-order valence-corrected chi connectivity index (χ4v) is 8.33. The molecule has 0 fully saturated rings. The predicted molar refractivity (Wildman–Crippen MR) is 211 cm³/mol. The Morgan fingerprint density at radius 1 is 0.849 bits per heavy atom. The number of hydrogen-bond acceptors (Lipinski definition) is 8. The van der Waals surface area contributed by atoms with Crippen LogP contribution in [0.25, 0.3) is 6.08 Å². The third kappa shape index (κ3) is 9.43. The van der Waals surface area contributed by atoms with Gasteiger partial charge in [-0.25, -0.2) is 4.79 Å². The van der Waals surface area contributed by atoms with E-state index in [1.165, 1.54) is 30.2 Å². The van der Waals surface area contributed by atoms with E-state index in [2.05, 4.69) is 16.0 Å². The number of benzene rings is 4. The van der Waals surface area contributed by atoms with Crippen LogP contribution in [0.5, 0.6) is 5.75 Å². The van der Waals surface area contributed by atoms with E-state index < -0.39 is 23.0 Å². The Labute approximate surface area is 316 Å². The lowest BCUT2D eigenvalue weighted by Crippen LogP contribution is -2.30. The van der Waals surface area contributed by atoms with Crippen molar-refractivity contribution in [3.8, 4) is 5.75 Å². The Balaban J connectivity index is 1.24. The maximum atomic E-state index is 14.1. The molecule has 6 rings (SSSR count). The number of nitrogens with one attached hydrogen (secondary N) is 3. The van der Waals surface area contributed by atoms with Crippen LogP contribution >= 0.6 is 23.1 Å². The number of thioether (sulfide) groups is 1. The standard InChI is InChI=1S/C42H39N3O6S2/c1-3-51-31-23-21-27(22-24-31)25-34(44-38(46)29-15-8-5-9-16-29)39(47)43-30-17-12-18-32(26-30)52-37(28-13-6-4-7-14-28)40(48)45-41-36(42(49)50-2)33-19-10-11-20-35(33)53-41/h4-9,12-18,21-26,37H,3,10-11,19-20H2,1-2H3,(H,43,47)(H,44,46)(H,45,48)/b34-25+. The van der Waals surface area contributed by atoms with Crippen molar-refractivity contribution >= 4 is 63.6 Å². The Kier molecular flexibility index (Phi) is 12.4. The van der Waals surface area contributed by atoms with E-state index in [1.807, 2.05) is 49.4 Å². The minimum absolute atomic E-state index is 0.0441. The lowest BCUT2D eigenvalue weighted by Gasteiger charge is -2.18. The molecule has 270 valence electrons. The smallest absolute Gasteiger partial charge is 0.341 e. The summed E-state index contributed by atoms with van der Waals surface area (Å²) in [5.41, 5.74) is 3.79. The first-order valence-corrected chi connectivity index (χ1v) is 19.0. The van der Waals surface area contributed by atoms with Crippen LogP contribution in [-0.2, 0) is 27.2 Å². The molecule has 9 nitrogen and oxygen atoms in total. The number of anilines is 2. The largest absolute Gasteiger partial charge is 0.494 e. The van der Waals surface area contributed by atoms with E-state index in [-0.39, 0.29) is 11.6 Å². The average Bonchev–Trinajstić information content (AvgIpc) is 3.55. The zero-order chi connectivity index (χ0) is 37.2. The van der Waals surface area contributed by atoms with Crippen molar-refractivity contribution in [2.75, 3.05) is 24.4 Å². The van der Waals surface area contributed by atoms with Gasteiger partial charge in [0.25, 0.3) is 11.8 Å². The van der Waals surface area contributed by atoms with E-state index in [1.54, 1.807) is 72.8 Å². The summed E-state index contributed by atoms with van der Waals surface area (Å²) in [7, 11) is 1.35. The highest BCUT2D eigenvalue weighted by atomic mass is 32.2. The van der Waals surface area contributed by atoms with Gasteiger partial charge in [0.2, 0.25) is 5.91 Å². The highest BCUT2D eigenvalue weighted by Crippen LogP contribution is 2.41. The first-order chi connectivity index (χ1) is 25.8. The van der Waals surface area contributed by atoms with Gasteiger partial charge in [0.15, 0.2) is 0 Å². The summed E-state index contributed by atoms with van der Waals surface area (Å²) in [5, 5.41) is 8.56. The summed E-state index contributed by atoms with van der Waals surface area (Å²) >= 11 is 2.76. The van der Waals surface area contributed by atoms with E-state index in [4.69, 9.17) is 9.47 Å². The normalized spacial score (nSPS) is 12.9. The van der Waals surface area contributed by atoms with E-state index >= 15 is 0 Å². The third-order valence-electron chi connectivity index (χ3n) is 8.51. The van der Waals surface area contributed by atoms with Crippen LogP contribution in [0, 0.1) is 0 Å². The van der Waals surface area contributed by atoms with Crippen molar-refractivity contribution in [3.05, 3.63) is 148 Å². The summed E-state index contributed by atoms with van der Waals surface area (Å²) in [6, 6.07) is 32.4. The molecular formula is C42H39N3O6S2. The van der Waals surface area contributed by atoms with Crippen LogP contribution in [0.1, 0.15) is 67.3 Å². The van der Waals surface area contributed by atoms with Gasteiger partial charge in [0.05, 0.1) is 19.3 Å². The monoisotopic (exact) mass is 745 g/mol. The van der Waals surface area contributed by atoms with Gasteiger partial charge in [-0.2, -0.15) is 0 Å². The molecule has 1 aliphatic carbocycles. The zero-order valence-electron chi connectivity index (χ0n) is 29.3. The average molecular weight is 746 g/mol. The van der Waals surface area contributed by atoms with Gasteiger partial charge in [0.1, 0.15) is 21.7 Å². The predicted octanol–water partition coefficient (Wildman–Crippen LogP) is 8.69. The molecule has 5 aromatic rings. The van der Waals surface area contributed by atoms with Gasteiger partial charge in [-0.1, -0.05) is 66.7 Å². The van der Waals surface area contributed by atoms with Crippen molar-refractivity contribution < 1.29 is 28.7 Å². The fraction of sp³-hybridized carbons (Fsp3) is 0.190. The summed E-state index contributed by atoms with van der Waals surface area (Å²) < 4.78 is 10.7. The minimum Gasteiger partial charge on any atom is -0.494 e. The van der Waals surface area contributed by atoms with Gasteiger partial charge < -0.3 is 25.4 Å². The van der Waals surface area contributed by atoms with Crippen LogP contribution in [0.3, 0.4) is 0 Å². The molecule has 1 atom stereocenters. The summed E-state index contributed by atoms with van der Waals surface area (Å²) in [5.74, 6) is -1.01. The number of methoxy groups -OCH3 is 1. The number of fused-ring (bicyclic) bond motifs is 1. The molecule has 3 N–H and O–H groups in total. The molecule has 1 aliphatic rings. The van der Waals surface area contributed by atoms with Crippen LogP contribution in [0.2, 0.25) is 0 Å². The van der Waals surface area contributed by atoms with Gasteiger partial charge in [-0.3, -0.25) is 14.4 Å². The number of carbonyl (C=O) groups is 4. The minimum atomic E-state index is -0.688. The van der Waals surface area contributed by atoms with Crippen molar-refractivity contribution in [1.82, 2.24) is 5.32 Å². The Morgan fingerprint density at radius 3 is 2.28 bits per heavy atom. The molecule has 0 bridgehead atoms. The van der Waals surface area contributed by atoms with E-state index in [0.717, 1.165) is 46.6 Å². The molecule has 11 heteroatoms. The summed E-state index contributed by atoms with van der Waals surface area (Å²) in [6.07, 6.45) is 5.26. The van der Waals surface area contributed by atoms with Gasteiger partial charge in [-0.05, 0) is 97.8 Å². The first-order valence-electron chi connectivity index (χ1n) is 17.3. The second kappa shape index (κ2) is 17.7. The number of rotatable bonds is 13. The molecule has 0 radical (unpaired) electrons. The number of ether oxygens (including phenoxy) is 2. The topological polar surface area (TPSA) is 123 Å². The number of aryl methyl sites for hydroxylation is 1. The lowest BCUT2D eigenvalue weighted by molar-refractivity contribution is -0.116. The van der Waals surface area contributed by atoms with Crippen LogP contribution in [0.15, 0.2) is 120 Å². The van der Waals surface area contributed by atoms with Gasteiger partial charge in [-0.15, -0.1) is 23.1 Å². The lowest BCUT2D eigenvalue weighted by atomic mass is 9.95. The Morgan fingerprint density at radius 2 is 1.57 bits per heavy atom. The first kappa shape index (κ1) is 37.1. The van der Waals surface area contributed by atoms with E-state index in [0.29, 0.717) is 39.7 Å². The molecule has 0 saturated heterocycles. The number of thiophene rings is 1. The van der Waals surface area contributed by atoms with Crippen LogP contribution in [0.4, 0.5) is 10.7 Å². The molecule has 4 aromatic carbocycles. The number of amides is 3. The molecule has 53 heavy (non-hydrogen) atoms. The van der Waals surface area contributed by atoms with Gasteiger partial charge >= 0.3 is 5.97 Å². The Hall–Kier alpha value is -5.65. The molecule has 1 aromatic heterocycles. The maximum Gasteiger partial charge on any atom is 0.341 e. The molecule has 3 amide bonds. The van der Waals surface area contributed by atoms with Crippen molar-refractivity contribution in [2.24, 2.45) is 0 Å². The number of carbonyl (C=O) groups excluding carboxylic acids is 4. The summed E-state index contributed by atoms with van der Waals surface area (Å²) in [6.45, 7) is 2.43. The fourth-order valence-electron chi connectivity index (χ4n) is 5.97. The zero-order valence-corrected chi connectivity index (χ0v) is 31.0. The van der Waals surface area contributed by atoms with Gasteiger partial charge in [0, 0.05) is 21.0 Å². The maximum absolute atomic E-state index is 14.1. The van der Waals surface area contributed by atoms with E-state index in [9.17, 15) is 19.2 Å². The molecular weight excluding hydrogens is 707 g/mol. The van der Waals surface area contributed by atoms with Crippen LogP contribution in [-0.4, -0.2) is 37.4 Å². The van der Waals surface area contributed by atoms with Crippen molar-refractivity contribution in [1.29, 1.82) is 0 Å². The van der Waals surface area contributed by atoms with Crippen molar-refractivity contribution in [2.45, 2.75) is 42.8 Å². The molecule has 0 saturated carbocycles.